The lowest BCUT2D eigenvalue weighted by Crippen LogP contribution is -2.29. The van der Waals surface area contributed by atoms with Crippen LogP contribution in [-0.2, 0) is 11.8 Å². The van der Waals surface area contributed by atoms with Crippen molar-refractivity contribution in [3.8, 4) is 0 Å². The van der Waals surface area contributed by atoms with Gasteiger partial charge < -0.3 is 20.4 Å². The second-order valence-electron chi connectivity index (χ2n) is 7.32. The maximum Gasteiger partial charge on any atom is 0.222 e. The van der Waals surface area contributed by atoms with Crippen molar-refractivity contribution in [3.63, 3.8) is 0 Å². The summed E-state index contributed by atoms with van der Waals surface area (Å²) in [7, 11) is 0. The van der Waals surface area contributed by atoms with Gasteiger partial charge in [0.25, 0.3) is 0 Å². The van der Waals surface area contributed by atoms with E-state index in [0.29, 0.717) is 5.95 Å². The Labute approximate surface area is 136 Å². The molecule has 0 aromatic carbocycles. The Morgan fingerprint density at radius 3 is 2.91 bits per heavy atom. The van der Waals surface area contributed by atoms with Gasteiger partial charge in [0.15, 0.2) is 11.4 Å². The highest BCUT2D eigenvalue weighted by Crippen LogP contribution is 2.43. The van der Waals surface area contributed by atoms with Crippen LogP contribution in [0.2, 0.25) is 0 Å². The molecule has 1 fully saturated rings. The van der Waals surface area contributed by atoms with Gasteiger partial charge in [-0.15, -0.1) is 0 Å². The number of furan rings is 1. The molecule has 2 aromatic heterocycles. The Morgan fingerprint density at radius 2 is 2.04 bits per heavy atom. The smallest absolute Gasteiger partial charge is 0.222 e. The zero-order chi connectivity index (χ0) is 16.0. The maximum atomic E-state index is 6.34. The highest BCUT2D eigenvalue weighted by molar-refractivity contribution is 5.89. The molecule has 0 unspecified atom stereocenters. The number of aromatic nitrogens is 2. The van der Waals surface area contributed by atoms with Crippen molar-refractivity contribution in [2.75, 3.05) is 36.8 Å². The van der Waals surface area contributed by atoms with E-state index in [1.165, 1.54) is 12.0 Å². The molecule has 2 aliphatic rings. The lowest BCUT2D eigenvalue weighted by atomic mass is 9.77. The lowest BCUT2D eigenvalue weighted by Gasteiger charge is -2.27. The minimum absolute atomic E-state index is 0.0562. The molecule has 23 heavy (non-hydrogen) atoms. The topological polar surface area (TPSA) is 80.2 Å². The SMILES string of the molecule is CC1(C)CCCc2c1oc1c(N3CCCNCC3)nc(N)nc21. The molecule has 0 radical (unpaired) electrons. The van der Waals surface area contributed by atoms with Crippen LogP contribution >= 0.6 is 0 Å². The number of nitrogens with zero attached hydrogens (tertiary/aromatic N) is 3. The molecule has 3 N–H and O–H groups in total. The summed E-state index contributed by atoms with van der Waals surface area (Å²) in [5, 5.41) is 3.42. The molecule has 3 heterocycles. The number of nitrogens with two attached hydrogens (primary N) is 1. The van der Waals surface area contributed by atoms with Gasteiger partial charge in [0.2, 0.25) is 5.95 Å². The van der Waals surface area contributed by atoms with E-state index in [2.05, 4.69) is 34.0 Å². The molecular weight excluding hydrogens is 290 g/mol. The number of nitrogens with one attached hydrogen (secondary N) is 1. The van der Waals surface area contributed by atoms with Crippen LogP contribution in [0.3, 0.4) is 0 Å². The minimum atomic E-state index is 0.0562. The van der Waals surface area contributed by atoms with Crippen molar-refractivity contribution in [2.24, 2.45) is 0 Å². The zero-order valence-corrected chi connectivity index (χ0v) is 14.0. The average molecular weight is 315 g/mol. The summed E-state index contributed by atoms with van der Waals surface area (Å²) in [4.78, 5) is 11.3. The van der Waals surface area contributed by atoms with E-state index in [1.54, 1.807) is 0 Å². The molecule has 6 nitrogen and oxygen atoms in total. The van der Waals surface area contributed by atoms with Gasteiger partial charge in [-0.2, -0.15) is 4.98 Å². The predicted octanol–water partition coefficient (Wildman–Crippen LogP) is 2.22. The molecule has 4 rings (SSSR count). The molecule has 0 bridgehead atoms. The molecule has 124 valence electrons. The Hall–Kier alpha value is -1.82. The summed E-state index contributed by atoms with van der Waals surface area (Å²) >= 11 is 0. The first-order chi connectivity index (χ1) is 11.1. The van der Waals surface area contributed by atoms with E-state index in [0.717, 1.165) is 68.1 Å². The molecule has 1 saturated heterocycles. The normalized spacial score (nSPS) is 21.2. The van der Waals surface area contributed by atoms with Gasteiger partial charge in [-0.3, -0.25) is 0 Å². The fourth-order valence-electron chi connectivity index (χ4n) is 3.90. The van der Waals surface area contributed by atoms with E-state index in [4.69, 9.17) is 10.2 Å². The van der Waals surface area contributed by atoms with Crippen molar-refractivity contribution in [1.82, 2.24) is 15.3 Å². The van der Waals surface area contributed by atoms with E-state index in [1.807, 2.05) is 0 Å². The third-order valence-electron chi connectivity index (χ3n) is 5.11. The lowest BCUT2D eigenvalue weighted by molar-refractivity contribution is 0.345. The highest BCUT2D eigenvalue weighted by atomic mass is 16.3. The van der Waals surface area contributed by atoms with E-state index >= 15 is 0 Å². The fraction of sp³-hybridized carbons (Fsp3) is 0.647. The molecule has 0 atom stereocenters. The van der Waals surface area contributed by atoms with Gasteiger partial charge in [-0.1, -0.05) is 13.8 Å². The number of aryl methyl sites for hydroxylation is 1. The molecule has 1 aliphatic heterocycles. The Kier molecular flexibility index (Phi) is 3.44. The molecule has 0 amide bonds. The van der Waals surface area contributed by atoms with Crippen LogP contribution in [0.5, 0.6) is 0 Å². The number of nitrogen functional groups attached to an aromatic ring is 1. The first kappa shape index (κ1) is 14.8. The third-order valence-corrected chi connectivity index (χ3v) is 5.11. The van der Waals surface area contributed by atoms with Crippen molar-refractivity contribution in [2.45, 2.75) is 44.9 Å². The average Bonchev–Trinajstić information content (AvgIpc) is 2.71. The van der Waals surface area contributed by atoms with Crippen LogP contribution in [0.4, 0.5) is 11.8 Å². The predicted molar refractivity (Wildman–Crippen MR) is 91.9 cm³/mol. The number of rotatable bonds is 1. The quantitative estimate of drug-likeness (QED) is 0.840. The van der Waals surface area contributed by atoms with Gasteiger partial charge in [0, 0.05) is 30.6 Å². The van der Waals surface area contributed by atoms with Gasteiger partial charge in [0.1, 0.15) is 11.3 Å². The van der Waals surface area contributed by atoms with Crippen LogP contribution < -0.4 is 16.0 Å². The van der Waals surface area contributed by atoms with E-state index in [9.17, 15) is 0 Å². The van der Waals surface area contributed by atoms with Gasteiger partial charge in [-0.25, -0.2) is 4.98 Å². The third kappa shape index (κ3) is 2.45. The molecular formula is C17H25N5O. The van der Waals surface area contributed by atoms with Crippen LogP contribution in [0.25, 0.3) is 11.1 Å². The molecule has 6 heteroatoms. The summed E-state index contributed by atoms with van der Waals surface area (Å²) in [6.07, 6.45) is 4.42. The first-order valence-corrected chi connectivity index (χ1v) is 8.61. The molecule has 1 aliphatic carbocycles. The highest BCUT2D eigenvalue weighted by Gasteiger charge is 2.35. The van der Waals surface area contributed by atoms with Crippen LogP contribution in [0, 0.1) is 0 Å². The molecule has 2 aromatic rings. The number of fused-ring (bicyclic) bond motifs is 3. The van der Waals surface area contributed by atoms with E-state index in [-0.39, 0.29) is 5.41 Å². The first-order valence-electron chi connectivity index (χ1n) is 8.61. The summed E-state index contributed by atoms with van der Waals surface area (Å²) in [6, 6.07) is 0. The molecule has 0 spiro atoms. The largest absolute Gasteiger partial charge is 0.455 e. The summed E-state index contributed by atoms with van der Waals surface area (Å²) in [5.74, 6) is 2.28. The van der Waals surface area contributed by atoms with Crippen molar-refractivity contribution in [1.29, 1.82) is 0 Å². The van der Waals surface area contributed by atoms with Crippen LogP contribution in [0.1, 0.15) is 44.4 Å². The number of hydrogen-bond acceptors (Lipinski definition) is 6. The van der Waals surface area contributed by atoms with Crippen molar-refractivity contribution in [3.05, 3.63) is 11.3 Å². The monoisotopic (exact) mass is 315 g/mol. The minimum Gasteiger partial charge on any atom is -0.455 e. The standard InChI is InChI=1S/C17H25N5O/c1-17(2)6-3-5-11-12-13(23-14(11)17)15(21-16(18)20-12)22-9-4-7-19-8-10-22/h19H,3-10H2,1-2H3,(H2,18,20,21). The second-order valence-corrected chi connectivity index (χ2v) is 7.32. The van der Waals surface area contributed by atoms with Crippen LogP contribution in [-0.4, -0.2) is 36.1 Å². The van der Waals surface area contributed by atoms with Crippen molar-refractivity contribution < 1.29 is 4.42 Å². The van der Waals surface area contributed by atoms with Gasteiger partial charge in [0.05, 0.1) is 0 Å². The van der Waals surface area contributed by atoms with Gasteiger partial charge in [-0.05, 0) is 32.2 Å². The Balaban J connectivity index is 1.89. The fourth-order valence-corrected chi connectivity index (χ4v) is 3.90. The maximum absolute atomic E-state index is 6.34. The Bertz CT molecular complexity index is 728. The molecule has 0 saturated carbocycles. The van der Waals surface area contributed by atoms with Gasteiger partial charge >= 0.3 is 0 Å². The summed E-state index contributed by atoms with van der Waals surface area (Å²) in [6.45, 7) is 8.38. The Morgan fingerprint density at radius 1 is 1.17 bits per heavy atom. The second kappa shape index (κ2) is 5.37. The zero-order valence-electron chi connectivity index (χ0n) is 14.0. The summed E-state index contributed by atoms with van der Waals surface area (Å²) < 4.78 is 6.34. The van der Waals surface area contributed by atoms with Crippen LogP contribution in [0.15, 0.2) is 4.42 Å². The van der Waals surface area contributed by atoms with Crippen molar-refractivity contribution >= 4 is 22.9 Å². The number of hydrogen-bond donors (Lipinski definition) is 2. The summed E-state index contributed by atoms with van der Waals surface area (Å²) in [5.41, 5.74) is 9.06. The number of anilines is 2. The van der Waals surface area contributed by atoms with E-state index < -0.39 is 0 Å².